The second-order valence-corrected chi connectivity index (χ2v) is 11.3. The van der Waals surface area contributed by atoms with Gasteiger partial charge in [-0.25, -0.2) is 15.0 Å². The molecule has 0 aromatic carbocycles. The van der Waals surface area contributed by atoms with Crippen molar-refractivity contribution >= 4 is 38.1 Å². The van der Waals surface area contributed by atoms with E-state index in [1.54, 1.807) is 0 Å². The van der Waals surface area contributed by atoms with Gasteiger partial charge in [0.1, 0.15) is 15.5 Å². The SMILES string of the molecule is C#CCS(=O)(CCC(F)(F)F)(NC(=O)CC)c1sc(-c2cncnc2)nc1Cl. The first-order valence-corrected chi connectivity index (χ1v) is 11.4. The van der Waals surface area contributed by atoms with Crippen molar-refractivity contribution in [2.45, 2.75) is 30.2 Å². The van der Waals surface area contributed by atoms with Crippen molar-refractivity contribution in [3.8, 4) is 22.9 Å². The summed E-state index contributed by atoms with van der Waals surface area (Å²) in [7, 11) is -4.73. The molecule has 0 saturated heterocycles. The highest BCUT2D eigenvalue weighted by atomic mass is 35.5. The monoisotopic (exact) mass is 452 g/mol. The van der Waals surface area contributed by atoms with Crippen LogP contribution in [0.5, 0.6) is 0 Å². The highest BCUT2D eigenvalue weighted by Gasteiger charge is 2.46. The lowest BCUT2D eigenvalue weighted by Crippen LogP contribution is -2.55. The van der Waals surface area contributed by atoms with Crippen LogP contribution in [0.2, 0.25) is 5.15 Å². The van der Waals surface area contributed by atoms with E-state index >= 15 is 0 Å². The van der Waals surface area contributed by atoms with Gasteiger partial charge >= 0.3 is 6.18 Å². The highest BCUT2D eigenvalue weighted by Crippen LogP contribution is 2.45. The summed E-state index contributed by atoms with van der Waals surface area (Å²) in [6.45, 7) is 1.48. The average Bonchev–Trinajstić information content (AvgIpc) is 3.04. The van der Waals surface area contributed by atoms with Gasteiger partial charge in [-0.2, -0.15) is 13.2 Å². The standard InChI is InChI=1S/C16H16ClF3N4O2S2/c1-3-6-28(26,24-12(25)4-2,7-5-16(18,19)20)15-13(17)23-14(27-15)11-8-21-10-22-9-11/h1,8-10H,4-7H2,2H3,(H,24,25,26). The molecule has 2 aromatic rings. The Morgan fingerprint density at radius 1 is 1.39 bits per heavy atom. The van der Waals surface area contributed by atoms with Crippen LogP contribution in [0.4, 0.5) is 13.2 Å². The topological polar surface area (TPSA) is 84.8 Å². The number of terminal acetylenes is 1. The third-order valence-electron chi connectivity index (χ3n) is 3.67. The molecule has 0 atom stereocenters. The van der Waals surface area contributed by atoms with Crippen molar-refractivity contribution in [1.29, 1.82) is 0 Å². The van der Waals surface area contributed by atoms with Crippen LogP contribution in [-0.4, -0.2) is 42.8 Å². The highest BCUT2D eigenvalue weighted by molar-refractivity contribution is 8.20. The first-order valence-electron chi connectivity index (χ1n) is 7.88. The van der Waals surface area contributed by atoms with E-state index in [4.69, 9.17) is 18.0 Å². The molecule has 0 radical (unpaired) electrons. The van der Waals surface area contributed by atoms with Crippen molar-refractivity contribution in [3.63, 3.8) is 0 Å². The van der Waals surface area contributed by atoms with Crippen molar-refractivity contribution in [3.05, 3.63) is 23.9 Å². The van der Waals surface area contributed by atoms with Crippen LogP contribution in [0, 0.1) is 12.3 Å². The summed E-state index contributed by atoms with van der Waals surface area (Å²) in [5, 5.41) is -0.0380. The number of amides is 1. The van der Waals surface area contributed by atoms with E-state index < -0.39 is 39.3 Å². The molecule has 0 saturated carbocycles. The van der Waals surface area contributed by atoms with Crippen LogP contribution >= 0.6 is 22.9 Å². The third-order valence-corrected chi connectivity index (χ3v) is 10.1. The van der Waals surface area contributed by atoms with E-state index in [0.717, 1.165) is 11.3 Å². The van der Waals surface area contributed by atoms with Crippen molar-refractivity contribution in [2.24, 2.45) is 0 Å². The zero-order valence-electron chi connectivity index (χ0n) is 14.6. The maximum Gasteiger partial charge on any atom is 0.390 e. The maximum absolute atomic E-state index is 14.1. The molecule has 0 aliphatic carbocycles. The summed E-state index contributed by atoms with van der Waals surface area (Å²) in [5.74, 6) is -0.127. The Bertz CT molecular complexity index is 973. The fourth-order valence-corrected chi connectivity index (χ4v) is 8.19. The van der Waals surface area contributed by atoms with Crippen LogP contribution in [0.3, 0.4) is 0 Å². The van der Waals surface area contributed by atoms with E-state index in [0.29, 0.717) is 5.56 Å². The molecule has 2 heterocycles. The van der Waals surface area contributed by atoms with E-state index in [-0.39, 0.29) is 20.8 Å². The smallest absolute Gasteiger partial charge is 0.290 e. The largest absolute Gasteiger partial charge is 0.390 e. The van der Waals surface area contributed by atoms with Gasteiger partial charge in [-0.05, 0) is 0 Å². The summed E-state index contributed by atoms with van der Waals surface area (Å²) < 4.78 is 55.1. The molecule has 152 valence electrons. The third kappa shape index (κ3) is 4.87. The fraction of sp³-hybridized carbons (Fsp3) is 0.375. The molecule has 0 fully saturated rings. The number of nitrogens with one attached hydrogen (secondary N) is 1. The molecular formula is C16H16ClF3N4O2S2. The van der Waals surface area contributed by atoms with Gasteiger partial charge in [0.05, 0.1) is 12.2 Å². The minimum absolute atomic E-state index is 0.0963. The molecule has 2 aromatic heterocycles. The van der Waals surface area contributed by atoms with E-state index in [1.807, 2.05) is 0 Å². The van der Waals surface area contributed by atoms with Gasteiger partial charge in [-0.1, -0.05) is 24.4 Å². The molecule has 28 heavy (non-hydrogen) atoms. The molecule has 0 aliphatic rings. The summed E-state index contributed by atoms with van der Waals surface area (Å²) in [5.41, 5.74) is 0.431. The Morgan fingerprint density at radius 2 is 2.04 bits per heavy atom. The van der Waals surface area contributed by atoms with Crippen LogP contribution < -0.4 is 4.72 Å². The van der Waals surface area contributed by atoms with Gasteiger partial charge < -0.3 is 0 Å². The second kappa shape index (κ2) is 8.14. The Hall–Kier alpha value is -2.03. The average molecular weight is 453 g/mol. The number of nitrogens with zero attached hydrogens (tertiary/aromatic N) is 3. The van der Waals surface area contributed by atoms with Crippen LogP contribution in [0.1, 0.15) is 19.8 Å². The van der Waals surface area contributed by atoms with Gasteiger partial charge in [-0.15, -0.1) is 17.8 Å². The zero-order chi connectivity index (χ0) is 21.0. The maximum atomic E-state index is 14.1. The summed E-state index contributed by atoms with van der Waals surface area (Å²) in [4.78, 5) is 23.8. The minimum Gasteiger partial charge on any atom is -0.290 e. The molecule has 1 amide bonds. The predicted octanol–water partition coefficient (Wildman–Crippen LogP) is 3.46. The lowest BCUT2D eigenvalue weighted by atomic mass is 10.4. The Balaban J connectivity index is 2.67. The first kappa shape index (κ1) is 22.3. The summed E-state index contributed by atoms with van der Waals surface area (Å²) >= 11 is 6.96. The van der Waals surface area contributed by atoms with Gasteiger partial charge in [0.25, 0.3) is 0 Å². The van der Waals surface area contributed by atoms with Crippen LogP contribution in [0.25, 0.3) is 10.6 Å². The number of carbonyl (C=O) groups excluding carboxylic acids is 1. The Labute approximate surface area is 168 Å². The lowest BCUT2D eigenvalue weighted by Gasteiger charge is -2.41. The molecule has 0 bridgehead atoms. The van der Waals surface area contributed by atoms with Gasteiger partial charge in [0.2, 0.25) is 5.91 Å². The summed E-state index contributed by atoms with van der Waals surface area (Å²) in [6, 6.07) is 0. The van der Waals surface area contributed by atoms with E-state index in [1.165, 1.54) is 25.6 Å². The number of hydrogen-bond donors (Lipinski definition) is 1. The van der Waals surface area contributed by atoms with E-state index in [2.05, 4.69) is 25.6 Å². The molecule has 2 rings (SSSR count). The first-order chi connectivity index (χ1) is 13.0. The fourth-order valence-electron chi connectivity index (χ4n) is 2.32. The Kier molecular flexibility index (Phi) is 6.48. The minimum atomic E-state index is -4.73. The molecule has 0 spiro atoms. The van der Waals surface area contributed by atoms with Crippen molar-refractivity contribution in [1.82, 2.24) is 19.7 Å². The summed E-state index contributed by atoms with van der Waals surface area (Å²) in [6.07, 6.45) is 3.34. The van der Waals surface area contributed by atoms with Crippen LogP contribution in [-0.2, 0) is 14.0 Å². The number of hydrogen-bond acceptors (Lipinski definition) is 6. The number of aromatic nitrogens is 3. The normalized spacial score (nSPS) is 13.4. The quantitative estimate of drug-likeness (QED) is 0.650. The van der Waals surface area contributed by atoms with E-state index in [9.17, 15) is 22.2 Å². The van der Waals surface area contributed by atoms with Gasteiger partial charge in [0, 0.05) is 39.4 Å². The molecular weight excluding hydrogens is 437 g/mol. The predicted molar refractivity (Wildman–Crippen MR) is 102 cm³/mol. The molecule has 0 aliphatic heterocycles. The van der Waals surface area contributed by atoms with Crippen molar-refractivity contribution in [2.75, 3.05) is 11.5 Å². The molecule has 6 nitrogen and oxygen atoms in total. The zero-order valence-corrected chi connectivity index (χ0v) is 17.0. The second-order valence-electron chi connectivity index (χ2n) is 5.81. The molecule has 1 N–H and O–H groups in total. The van der Waals surface area contributed by atoms with Gasteiger partial charge in [0.15, 0.2) is 5.15 Å². The number of alkyl halides is 3. The number of thiazole rings is 1. The lowest BCUT2D eigenvalue weighted by molar-refractivity contribution is -0.130. The molecule has 0 unspecified atom stereocenters. The van der Waals surface area contributed by atoms with Crippen molar-refractivity contribution < 1.29 is 22.2 Å². The number of rotatable bonds is 7. The molecule has 12 heteroatoms. The number of carbonyl (C=O) groups is 1. The number of halogens is 4. The van der Waals surface area contributed by atoms with Crippen LogP contribution in [0.15, 0.2) is 22.9 Å². The Morgan fingerprint density at radius 3 is 2.57 bits per heavy atom. The van der Waals surface area contributed by atoms with Gasteiger partial charge in [-0.3, -0.25) is 13.7 Å².